The third-order valence-electron chi connectivity index (χ3n) is 2.85. The Balaban J connectivity index is 2.55. The number of carbonyl (C=O) groups excluding carboxylic acids is 1. The van der Waals surface area contributed by atoms with Gasteiger partial charge in [0, 0.05) is 5.33 Å². The van der Waals surface area contributed by atoms with Crippen LogP contribution in [0, 0.1) is 5.92 Å². The van der Waals surface area contributed by atoms with E-state index in [9.17, 15) is 4.79 Å². The second-order valence-electron chi connectivity index (χ2n) is 4.44. The molecule has 0 radical (unpaired) electrons. The second-order valence-corrected chi connectivity index (χ2v) is 5.23. The van der Waals surface area contributed by atoms with Crippen LogP contribution < -0.4 is 4.74 Å². The molecule has 3 nitrogen and oxygen atoms in total. The fourth-order valence-electron chi connectivity index (χ4n) is 1.67. The van der Waals surface area contributed by atoms with Crippen LogP contribution in [0.1, 0.15) is 37.0 Å². The van der Waals surface area contributed by atoms with Gasteiger partial charge in [0.1, 0.15) is 11.3 Å². The van der Waals surface area contributed by atoms with Gasteiger partial charge >= 0.3 is 5.97 Å². The van der Waals surface area contributed by atoms with Gasteiger partial charge in [0.05, 0.1) is 13.2 Å². The summed E-state index contributed by atoms with van der Waals surface area (Å²) in [6.45, 7) is 4.98. The van der Waals surface area contributed by atoms with Gasteiger partial charge in [0.25, 0.3) is 0 Å². The molecule has 0 fully saturated rings. The monoisotopic (exact) mass is 328 g/mol. The van der Waals surface area contributed by atoms with Crippen LogP contribution in [0.4, 0.5) is 0 Å². The Hall–Kier alpha value is -1.03. The zero-order valence-corrected chi connectivity index (χ0v) is 13.1. The smallest absolute Gasteiger partial charge is 0.341 e. The first kappa shape index (κ1) is 16.0. The van der Waals surface area contributed by atoms with Crippen molar-refractivity contribution in [1.82, 2.24) is 0 Å². The summed E-state index contributed by atoms with van der Waals surface area (Å²) in [7, 11) is 0. The Morgan fingerprint density at radius 2 is 2.05 bits per heavy atom. The first-order chi connectivity index (χ1) is 9.19. The van der Waals surface area contributed by atoms with Crippen LogP contribution in [0.2, 0.25) is 0 Å². The van der Waals surface area contributed by atoms with Gasteiger partial charge in [0.2, 0.25) is 0 Å². The largest absolute Gasteiger partial charge is 0.493 e. The Labute approximate surface area is 123 Å². The molecule has 0 saturated heterocycles. The standard InChI is InChI=1S/C15H21BrO3/c1-3-18-15(17)13-6-4-5-7-14(13)19-11-9-12(2)8-10-16/h4-7,12H,3,8-11H2,1-2H3. The number of hydrogen-bond acceptors (Lipinski definition) is 3. The van der Waals surface area contributed by atoms with Crippen molar-refractivity contribution in [3.05, 3.63) is 29.8 Å². The maximum absolute atomic E-state index is 11.8. The zero-order chi connectivity index (χ0) is 14.1. The molecule has 0 spiro atoms. The fraction of sp³-hybridized carbons (Fsp3) is 0.533. The van der Waals surface area contributed by atoms with Gasteiger partial charge in [-0.25, -0.2) is 4.79 Å². The molecule has 0 aliphatic carbocycles. The summed E-state index contributed by atoms with van der Waals surface area (Å²) in [5.74, 6) is 0.882. The van der Waals surface area contributed by atoms with Crippen molar-refractivity contribution in [2.24, 2.45) is 5.92 Å². The molecule has 1 aromatic carbocycles. The zero-order valence-electron chi connectivity index (χ0n) is 11.5. The van der Waals surface area contributed by atoms with Gasteiger partial charge < -0.3 is 9.47 Å². The number of carbonyl (C=O) groups is 1. The lowest BCUT2D eigenvalue weighted by molar-refractivity contribution is 0.0521. The van der Waals surface area contributed by atoms with Crippen molar-refractivity contribution in [2.75, 3.05) is 18.5 Å². The minimum atomic E-state index is -0.327. The number of para-hydroxylation sites is 1. The molecular formula is C15H21BrO3. The van der Waals surface area contributed by atoms with E-state index in [1.807, 2.05) is 12.1 Å². The highest BCUT2D eigenvalue weighted by atomic mass is 79.9. The van der Waals surface area contributed by atoms with Crippen LogP contribution in [-0.4, -0.2) is 24.5 Å². The predicted molar refractivity (Wildman–Crippen MR) is 80.1 cm³/mol. The molecule has 1 unspecified atom stereocenters. The molecule has 19 heavy (non-hydrogen) atoms. The highest BCUT2D eigenvalue weighted by Gasteiger charge is 2.13. The molecule has 0 aromatic heterocycles. The third-order valence-corrected chi connectivity index (χ3v) is 3.31. The summed E-state index contributed by atoms with van der Waals surface area (Å²) in [6.07, 6.45) is 2.10. The molecule has 0 aliphatic heterocycles. The molecule has 106 valence electrons. The van der Waals surface area contributed by atoms with E-state index >= 15 is 0 Å². The van der Waals surface area contributed by atoms with Gasteiger partial charge in [-0.15, -0.1) is 0 Å². The molecule has 1 atom stereocenters. The van der Waals surface area contributed by atoms with E-state index in [4.69, 9.17) is 9.47 Å². The number of esters is 1. The van der Waals surface area contributed by atoms with Crippen molar-refractivity contribution in [1.29, 1.82) is 0 Å². The van der Waals surface area contributed by atoms with Crippen LogP contribution in [0.3, 0.4) is 0 Å². The lowest BCUT2D eigenvalue weighted by Crippen LogP contribution is -2.10. The highest BCUT2D eigenvalue weighted by molar-refractivity contribution is 9.09. The lowest BCUT2D eigenvalue weighted by atomic mass is 10.1. The molecule has 1 rings (SSSR count). The number of rotatable bonds is 8. The average molecular weight is 329 g/mol. The molecular weight excluding hydrogens is 308 g/mol. The molecule has 0 amide bonds. The van der Waals surface area contributed by atoms with E-state index in [0.29, 0.717) is 30.4 Å². The van der Waals surface area contributed by atoms with Gasteiger partial charge in [-0.2, -0.15) is 0 Å². The molecule has 0 N–H and O–H groups in total. The van der Waals surface area contributed by atoms with E-state index in [1.54, 1.807) is 19.1 Å². The number of halogens is 1. The van der Waals surface area contributed by atoms with Crippen LogP contribution in [-0.2, 0) is 4.74 Å². The van der Waals surface area contributed by atoms with Crippen LogP contribution in [0.15, 0.2) is 24.3 Å². The quantitative estimate of drug-likeness (QED) is 0.533. The highest BCUT2D eigenvalue weighted by Crippen LogP contribution is 2.20. The van der Waals surface area contributed by atoms with Crippen molar-refractivity contribution in [3.8, 4) is 5.75 Å². The van der Waals surface area contributed by atoms with Gasteiger partial charge in [-0.05, 0) is 37.8 Å². The van der Waals surface area contributed by atoms with Crippen LogP contribution in [0.5, 0.6) is 5.75 Å². The minimum Gasteiger partial charge on any atom is -0.493 e. The van der Waals surface area contributed by atoms with E-state index in [1.165, 1.54) is 0 Å². The topological polar surface area (TPSA) is 35.5 Å². The maximum Gasteiger partial charge on any atom is 0.341 e. The van der Waals surface area contributed by atoms with E-state index in [-0.39, 0.29) is 5.97 Å². The van der Waals surface area contributed by atoms with Crippen LogP contribution in [0.25, 0.3) is 0 Å². The Kier molecular flexibility index (Phi) is 7.56. The molecule has 0 aliphatic rings. The predicted octanol–water partition coefficient (Wildman–Crippen LogP) is 4.05. The van der Waals surface area contributed by atoms with Gasteiger partial charge in [-0.3, -0.25) is 0 Å². The summed E-state index contributed by atoms with van der Waals surface area (Å²) >= 11 is 3.43. The van der Waals surface area contributed by atoms with Crippen molar-refractivity contribution in [3.63, 3.8) is 0 Å². The second kappa shape index (κ2) is 8.97. The van der Waals surface area contributed by atoms with Crippen molar-refractivity contribution >= 4 is 21.9 Å². The molecule has 1 aromatic rings. The first-order valence-electron chi connectivity index (χ1n) is 6.64. The van der Waals surface area contributed by atoms with Crippen molar-refractivity contribution < 1.29 is 14.3 Å². The van der Waals surface area contributed by atoms with E-state index < -0.39 is 0 Å². The van der Waals surface area contributed by atoms with E-state index in [0.717, 1.165) is 18.2 Å². The van der Waals surface area contributed by atoms with Gasteiger partial charge in [0.15, 0.2) is 0 Å². The number of hydrogen-bond donors (Lipinski definition) is 0. The SMILES string of the molecule is CCOC(=O)c1ccccc1OCCC(C)CCBr. The number of ether oxygens (including phenoxy) is 2. The number of alkyl halides is 1. The fourth-order valence-corrected chi connectivity index (χ4v) is 2.45. The lowest BCUT2D eigenvalue weighted by Gasteiger charge is -2.13. The molecule has 4 heteroatoms. The van der Waals surface area contributed by atoms with Gasteiger partial charge in [-0.1, -0.05) is 35.0 Å². The molecule has 0 bridgehead atoms. The average Bonchev–Trinajstić information content (AvgIpc) is 2.40. The maximum atomic E-state index is 11.8. The van der Waals surface area contributed by atoms with Crippen LogP contribution >= 0.6 is 15.9 Å². The van der Waals surface area contributed by atoms with E-state index in [2.05, 4.69) is 22.9 Å². The Bertz CT molecular complexity index is 393. The van der Waals surface area contributed by atoms with Crippen molar-refractivity contribution in [2.45, 2.75) is 26.7 Å². The summed E-state index contributed by atoms with van der Waals surface area (Å²) in [4.78, 5) is 11.8. The molecule has 0 heterocycles. The Morgan fingerprint density at radius 3 is 2.74 bits per heavy atom. The first-order valence-corrected chi connectivity index (χ1v) is 7.76. The number of benzene rings is 1. The summed E-state index contributed by atoms with van der Waals surface area (Å²) in [6, 6.07) is 7.21. The summed E-state index contributed by atoms with van der Waals surface area (Å²) in [5.41, 5.74) is 0.498. The Morgan fingerprint density at radius 1 is 1.32 bits per heavy atom. The molecule has 0 saturated carbocycles. The normalized spacial score (nSPS) is 11.9. The minimum absolute atomic E-state index is 0.327. The third kappa shape index (κ3) is 5.64. The summed E-state index contributed by atoms with van der Waals surface area (Å²) < 4.78 is 10.7. The summed E-state index contributed by atoms with van der Waals surface area (Å²) in [5, 5.41) is 1.01.